The molecule has 0 bridgehead atoms. The van der Waals surface area contributed by atoms with Crippen LogP contribution in [0.25, 0.3) is 0 Å². The molecule has 0 spiro atoms. The lowest BCUT2D eigenvalue weighted by atomic mass is 10.0. The van der Waals surface area contributed by atoms with E-state index < -0.39 is 6.61 Å². The highest BCUT2D eigenvalue weighted by molar-refractivity contribution is 6.31. The molecule has 0 amide bonds. The minimum absolute atomic E-state index is 0.120. The second-order valence-corrected chi connectivity index (χ2v) is 4.58. The van der Waals surface area contributed by atoms with Gasteiger partial charge in [-0.15, -0.1) is 0 Å². The average Bonchev–Trinajstić information content (AvgIpc) is 2.73. The fraction of sp³-hybridized carbons (Fsp3) is 0.308. The van der Waals surface area contributed by atoms with Crippen molar-refractivity contribution in [2.75, 3.05) is 7.05 Å². The fourth-order valence-corrected chi connectivity index (χ4v) is 2.32. The van der Waals surface area contributed by atoms with Crippen LogP contribution < -0.4 is 10.1 Å². The Hall–Kier alpha value is -1.66. The Kier molecular flexibility index (Phi) is 4.57. The number of aryl methyl sites for hydroxylation is 1. The number of rotatable bonds is 5. The lowest BCUT2D eigenvalue weighted by molar-refractivity contribution is -0.0498. The molecule has 1 heterocycles. The normalized spacial score (nSPS) is 12.7. The van der Waals surface area contributed by atoms with E-state index in [1.165, 1.54) is 12.1 Å². The van der Waals surface area contributed by atoms with Gasteiger partial charge in [0.15, 0.2) is 0 Å². The first kappa shape index (κ1) is 14.7. The molecule has 1 atom stereocenters. The summed E-state index contributed by atoms with van der Waals surface area (Å²) in [4.78, 5) is 0. The first-order valence-corrected chi connectivity index (χ1v) is 6.30. The Morgan fingerprint density at radius 2 is 1.95 bits per heavy atom. The van der Waals surface area contributed by atoms with E-state index >= 15 is 0 Å². The van der Waals surface area contributed by atoms with E-state index in [1.807, 2.05) is 0 Å². The van der Waals surface area contributed by atoms with Gasteiger partial charge in [0.25, 0.3) is 0 Å². The number of halogens is 3. The number of ether oxygens (including phenoxy) is 1. The molecular formula is C13H14ClF2N3O. The average molecular weight is 302 g/mol. The van der Waals surface area contributed by atoms with Gasteiger partial charge >= 0.3 is 6.61 Å². The van der Waals surface area contributed by atoms with Crippen LogP contribution in [-0.2, 0) is 7.05 Å². The molecule has 0 aliphatic heterocycles. The van der Waals surface area contributed by atoms with Crippen molar-refractivity contribution in [3.05, 3.63) is 46.7 Å². The molecule has 1 unspecified atom stereocenters. The highest BCUT2D eigenvalue weighted by Gasteiger charge is 2.19. The maximum Gasteiger partial charge on any atom is 0.387 e. The van der Waals surface area contributed by atoms with Gasteiger partial charge in [0.05, 0.1) is 23.0 Å². The van der Waals surface area contributed by atoms with Gasteiger partial charge in [0, 0.05) is 7.05 Å². The smallest absolute Gasteiger partial charge is 0.387 e. The molecule has 7 heteroatoms. The third-order valence-corrected chi connectivity index (χ3v) is 3.23. The van der Waals surface area contributed by atoms with Gasteiger partial charge in [-0.2, -0.15) is 13.9 Å². The van der Waals surface area contributed by atoms with Gasteiger partial charge < -0.3 is 10.1 Å². The van der Waals surface area contributed by atoms with E-state index in [2.05, 4.69) is 15.2 Å². The van der Waals surface area contributed by atoms with Gasteiger partial charge in [-0.3, -0.25) is 4.68 Å². The Bertz CT molecular complexity index is 552. The van der Waals surface area contributed by atoms with Crippen LogP contribution >= 0.6 is 11.6 Å². The van der Waals surface area contributed by atoms with Gasteiger partial charge in [-0.05, 0) is 24.7 Å². The number of nitrogens with zero attached hydrogens (tertiary/aromatic N) is 2. The Morgan fingerprint density at radius 1 is 1.30 bits per heavy atom. The van der Waals surface area contributed by atoms with Crippen LogP contribution in [0.3, 0.4) is 0 Å². The van der Waals surface area contributed by atoms with Crippen molar-refractivity contribution < 1.29 is 13.5 Å². The molecule has 1 aromatic carbocycles. The fourth-order valence-electron chi connectivity index (χ4n) is 2.05. The molecule has 0 fully saturated rings. The zero-order valence-electron chi connectivity index (χ0n) is 11.0. The topological polar surface area (TPSA) is 39.1 Å². The van der Waals surface area contributed by atoms with Crippen molar-refractivity contribution in [3.63, 3.8) is 0 Å². The number of hydrogen-bond donors (Lipinski definition) is 1. The van der Waals surface area contributed by atoms with Crippen molar-refractivity contribution >= 4 is 11.6 Å². The van der Waals surface area contributed by atoms with Gasteiger partial charge in [-0.25, -0.2) is 0 Å². The number of aromatic nitrogens is 2. The SMILES string of the molecule is CNC(c1ccc(OC(F)F)cc1)c1c(Cl)cnn1C. The first-order chi connectivity index (χ1) is 9.52. The molecule has 20 heavy (non-hydrogen) atoms. The van der Waals surface area contributed by atoms with Crippen molar-refractivity contribution in [3.8, 4) is 5.75 Å². The Balaban J connectivity index is 2.29. The number of nitrogens with one attached hydrogen (secondary N) is 1. The molecular weight excluding hydrogens is 288 g/mol. The molecule has 2 rings (SSSR count). The zero-order valence-corrected chi connectivity index (χ0v) is 11.7. The molecule has 0 radical (unpaired) electrons. The van der Waals surface area contributed by atoms with Crippen LogP contribution in [0.15, 0.2) is 30.5 Å². The summed E-state index contributed by atoms with van der Waals surface area (Å²) in [5, 5.41) is 7.76. The summed E-state index contributed by atoms with van der Waals surface area (Å²) < 4.78 is 30.2. The van der Waals surface area contributed by atoms with Gasteiger partial charge in [-0.1, -0.05) is 23.7 Å². The standard InChI is InChI=1S/C13H14ClF2N3O/c1-17-11(12-10(14)7-18-19(12)2)8-3-5-9(6-4-8)20-13(15)16/h3-7,11,13,17H,1-2H3. The lowest BCUT2D eigenvalue weighted by Crippen LogP contribution is -2.21. The van der Waals surface area contributed by atoms with Gasteiger partial charge in [0.1, 0.15) is 5.75 Å². The van der Waals surface area contributed by atoms with E-state index in [1.54, 1.807) is 37.1 Å². The minimum Gasteiger partial charge on any atom is -0.435 e. The molecule has 4 nitrogen and oxygen atoms in total. The summed E-state index contributed by atoms with van der Waals surface area (Å²) >= 11 is 6.12. The van der Waals surface area contributed by atoms with Crippen molar-refractivity contribution in [1.82, 2.24) is 15.1 Å². The largest absolute Gasteiger partial charge is 0.435 e. The monoisotopic (exact) mass is 301 g/mol. The quantitative estimate of drug-likeness (QED) is 0.923. The maximum atomic E-state index is 12.1. The maximum absolute atomic E-state index is 12.1. The predicted molar refractivity (Wildman–Crippen MR) is 72.2 cm³/mol. The summed E-state index contributed by atoms with van der Waals surface area (Å²) in [6.07, 6.45) is 1.56. The number of benzene rings is 1. The molecule has 108 valence electrons. The third-order valence-electron chi connectivity index (χ3n) is 2.94. The van der Waals surface area contributed by atoms with E-state index in [9.17, 15) is 8.78 Å². The minimum atomic E-state index is -2.83. The summed E-state index contributed by atoms with van der Waals surface area (Å²) in [6.45, 7) is -2.83. The predicted octanol–water partition coefficient (Wildman–Crippen LogP) is 2.98. The summed E-state index contributed by atoms with van der Waals surface area (Å²) in [5.41, 5.74) is 1.68. The molecule has 2 aromatic rings. The van der Waals surface area contributed by atoms with Crippen LogP contribution in [0, 0.1) is 0 Å². The van der Waals surface area contributed by atoms with Crippen LogP contribution in [0.4, 0.5) is 8.78 Å². The Labute approximate surface area is 120 Å². The molecule has 1 N–H and O–H groups in total. The molecule has 0 aliphatic carbocycles. The van der Waals surface area contributed by atoms with Crippen LogP contribution in [0.1, 0.15) is 17.3 Å². The van der Waals surface area contributed by atoms with Crippen molar-refractivity contribution in [2.24, 2.45) is 7.05 Å². The van der Waals surface area contributed by atoms with Crippen LogP contribution in [-0.4, -0.2) is 23.4 Å². The third kappa shape index (κ3) is 3.08. The number of hydrogen-bond acceptors (Lipinski definition) is 3. The van der Waals surface area contributed by atoms with E-state index in [0.717, 1.165) is 11.3 Å². The molecule has 0 saturated heterocycles. The van der Waals surface area contributed by atoms with Gasteiger partial charge in [0.2, 0.25) is 0 Å². The Morgan fingerprint density at radius 3 is 2.40 bits per heavy atom. The van der Waals surface area contributed by atoms with E-state index in [-0.39, 0.29) is 11.8 Å². The van der Waals surface area contributed by atoms with E-state index in [0.29, 0.717) is 5.02 Å². The second-order valence-electron chi connectivity index (χ2n) is 4.17. The summed E-state index contributed by atoms with van der Waals surface area (Å²) in [5.74, 6) is 0.120. The highest BCUT2D eigenvalue weighted by atomic mass is 35.5. The number of alkyl halides is 2. The summed E-state index contributed by atoms with van der Waals surface area (Å²) in [7, 11) is 3.58. The van der Waals surface area contributed by atoms with Crippen LogP contribution in [0.2, 0.25) is 5.02 Å². The molecule has 0 aliphatic rings. The highest BCUT2D eigenvalue weighted by Crippen LogP contribution is 2.28. The van der Waals surface area contributed by atoms with Crippen molar-refractivity contribution in [2.45, 2.75) is 12.7 Å². The molecule has 0 saturated carbocycles. The second kappa shape index (κ2) is 6.19. The molecule has 1 aromatic heterocycles. The first-order valence-electron chi connectivity index (χ1n) is 5.92. The lowest BCUT2D eigenvalue weighted by Gasteiger charge is -2.18. The van der Waals surface area contributed by atoms with Crippen LogP contribution in [0.5, 0.6) is 5.75 Å². The van der Waals surface area contributed by atoms with E-state index in [4.69, 9.17) is 11.6 Å². The van der Waals surface area contributed by atoms with Crippen molar-refractivity contribution in [1.29, 1.82) is 0 Å². The summed E-state index contributed by atoms with van der Waals surface area (Å²) in [6, 6.07) is 6.23. The zero-order chi connectivity index (χ0) is 14.7.